The number of nitrogens with one attached hydrogen (secondary N) is 1. The second-order valence-corrected chi connectivity index (χ2v) is 5.92. The summed E-state index contributed by atoms with van der Waals surface area (Å²) in [7, 11) is 0. The molecule has 3 rings (SSSR count). The van der Waals surface area contributed by atoms with Gasteiger partial charge in [-0.1, -0.05) is 43.3 Å². The average molecular weight is 309 g/mol. The molecular formula is C19H19NO3. The van der Waals surface area contributed by atoms with Gasteiger partial charge in [-0.05, 0) is 36.6 Å². The molecule has 23 heavy (non-hydrogen) atoms. The predicted molar refractivity (Wildman–Crippen MR) is 88.4 cm³/mol. The lowest BCUT2D eigenvalue weighted by Gasteiger charge is -2.33. The lowest BCUT2D eigenvalue weighted by Crippen LogP contribution is -2.49. The minimum Gasteiger partial charge on any atom is -0.445 e. The molecule has 0 saturated heterocycles. The summed E-state index contributed by atoms with van der Waals surface area (Å²) >= 11 is 0. The number of anilines is 1. The Labute approximate surface area is 135 Å². The zero-order valence-electron chi connectivity index (χ0n) is 13.3. The van der Waals surface area contributed by atoms with Crippen LogP contribution in [-0.4, -0.2) is 17.5 Å². The molecule has 1 amide bonds. The molecule has 0 radical (unpaired) electrons. The molecule has 1 aliphatic heterocycles. The van der Waals surface area contributed by atoms with E-state index in [4.69, 9.17) is 4.74 Å². The number of aryl methyl sites for hydroxylation is 1. The Morgan fingerprint density at radius 2 is 1.87 bits per heavy atom. The van der Waals surface area contributed by atoms with Gasteiger partial charge in [0.2, 0.25) is 0 Å². The Bertz CT molecular complexity index is 769. The summed E-state index contributed by atoms with van der Waals surface area (Å²) in [6.07, 6.45) is 1.19. The summed E-state index contributed by atoms with van der Waals surface area (Å²) in [6, 6.07) is 14.9. The summed E-state index contributed by atoms with van der Waals surface area (Å²) in [5.74, 6) is -0.755. The average Bonchev–Trinajstić information content (AvgIpc) is 2.55. The number of carbonyl (C=O) groups excluding carboxylic acids is 2. The standard InChI is InChI=1S/C19H19NO3/c1-3-13-8-5-7-11-16(13)20-18(22)19(2)12-14-9-4-6-10-15(14)17(21)23-19/h4-11H,3,12H2,1-2H3,(H,20,22)/t19-/m0/s1. The monoisotopic (exact) mass is 309 g/mol. The lowest BCUT2D eigenvalue weighted by atomic mass is 9.89. The zero-order chi connectivity index (χ0) is 16.4. The van der Waals surface area contributed by atoms with Gasteiger partial charge < -0.3 is 10.1 Å². The maximum absolute atomic E-state index is 12.7. The van der Waals surface area contributed by atoms with Crippen LogP contribution in [0.1, 0.15) is 35.3 Å². The Morgan fingerprint density at radius 3 is 2.65 bits per heavy atom. The van der Waals surface area contributed by atoms with Gasteiger partial charge in [-0.2, -0.15) is 0 Å². The fourth-order valence-corrected chi connectivity index (χ4v) is 2.86. The highest BCUT2D eigenvalue weighted by Gasteiger charge is 2.42. The van der Waals surface area contributed by atoms with Crippen molar-refractivity contribution in [3.63, 3.8) is 0 Å². The van der Waals surface area contributed by atoms with Crippen molar-refractivity contribution in [3.8, 4) is 0 Å². The number of esters is 1. The predicted octanol–water partition coefficient (Wildman–Crippen LogP) is 3.36. The first-order valence-corrected chi connectivity index (χ1v) is 7.74. The number of carbonyl (C=O) groups is 2. The molecule has 0 aliphatic carbocycles. The zero-order valence-corrected chi connectivity index (χ0v) is 13.3. The van der Waals surface area contributed by atoms with Crippen LogP contribution in [0.15, 0.2) is 48.5 Å². The fourth-order valence-electron chi connectivity index (χ4n) is 2.86. The number of rotatable bonds is 3. The van der Waals surface area contributed by atoms with Crippen LogP contribution in [0, 0.1) is 0 Å². The normalized spacial score (nSPS) is 19.7. The molecule has 1 aliphatic rings. The summed E-state index contributed by atoms with van der Waals surface area (Å²) in [5, 5.41) is 2.91. The van der Waals surface area contributed by atoms with E-state index in [1.54, 1.807) is 19.1 Å². The minimum absolute atomic E-state index is 0.304. The number of para-hydroxylation sites is 1. The van der Waals surface area contributed by atoms with Gasteiger partial charge in [0.15, 0.2) is 5.60 Å². The van der Waals surface area contributed by atoms with Crippen molar-refractivity contribution >= 4 is 17.6 Å². The van der Waals surface area contributed by atoms with Gasteiger partial charge in [0.1, 0.15) is 0 Å². The molecular weight excluding hydrogens is 290 g/mol. The van der Waals surface area contributed by atoms with E-state index in [0.717, 1.165) is 23.2 Å². The minimum atomic E-state index is -1.20. The highest BCUT2D eigenvalue weighted by Crippen LogP contribution is 2.29. The number of benzene rings is 2. The quantitative estimate of drug-likeness (QED) is 0.885. The first-order valence-electron chi connectivity index (χ1n) is 7.74. The SMILES string of the molecule is CCc1ccccc1NC(=O)[C@]1(C)Cc2ccccc2C(=O)O1. The maximum atomic E-state index is 12.7. The van der Waals surface area contributed by atoms with Crippen LogP contribution in [-0.2, 0) is 22.4 Å². The molecule has 4 nitrogen and oxygen atoms in total. The molecule has 1 heterocycles. The summed E-state index contributed by atoms with van der Waals surface area (Å²) in [4.78, 5) is 24.9. The van der Waals surface area contributed by atoms with Crippen LogP contribution in [0.4, 0.5) is 5.69 Å². The molecule has 0 aromatic heterocycles. The van der Waals surface area contributed by atoms with Crippen molar-refractivity contribution in [2.75, 3.05) is 5.32 Å². The van der Waals surface area contributed by atoms with Crippen molar-refractivity contribution in [1.82, 2.24) is 0 Å². The van der Waals surface area contributed by atoms with Crippen LogP contribution in [0.25, 0.3) is 0 Å². The molecule has 2 aromatic rings. The molecule has 4 heteroatoms. The highest BCUT2D eigenvalue weighted by atomic mass is 16.6. The molecule has 0 unspecified atom stereocenters. The number of hydrogen-bond acceptors (Lipinski definition) is 3. The van der Waals surface area contributed by atoms with E-state index in [-0.39, 0.29) is 5.91 Å². The smallest absolute Gasteiger partial charge is 0.339 e. The van der Waals surface area contributed by atoms with Gasteiger partial charge in [-0.15, -0.1) is 0 Å². The van der Waals surface area contributed by atoms with Gasteiger partial charge in [-0.3, -0.25) is 4.79 Å². The van der Waals surface area contributed by atoms with E-state index in [1.807, 2.05) is 43.3 Å². The molecule has 0 spiro atoms. The summed E-state index contributed by atoms with van der Waals surface area (Å²) in [5.41, 5.74) is 1.98. The van der Waals surface area contributed by atoms with E-state index < -0.39 is 11.6 Å². The third-order valence-electron chi connectivity index (χ3n) is 4.21. The van der Waals surface area contributed by atoms with Crippen LogP contribution >= 0.6 is 0 Å². The molecule has 1 N–H and O–H groups in total. The molecule has 0 bridgehead atoms. The van der Waals surface area contributed by atoms with Crippen LogP contribution in [0.5, 0.6) is 0 Å². The maximum Gasteiger partial charge on any atom is 0.339 e. The van der Waals surface area contributed by atoms with E-state index in [0.29, 0.717) is 12.0 Å². The van der Waals surface area contributed by atoms with Crippen molar-refractivity contribution in [1.29, 1.82) is 0 Å². The van der Waals surface area contributed by atoms with E-state index in [1.165, 1.54) is 0 Å². The number of cyclic esters (lactones) is 1. The molecule has 1 atom stereocenters. The first-order chi connectivity index (χ1) is 11.0. The largest absolute Gasteiger partial charge is 0.445 e. The van der Waals surface area contributed by atoms with Crippen LogP contribution < -0.4 is 5.32 Å². The third-order valence-corrected chi connectivity index (χ3v) is 4.21. The topological polar surface area (TPSA) is 55.4 Å². The molecule has 0 saturated carbocycles. The highest BCUT2D eigenvalue weighted by molar-refractivity contribution is 6.02. The van der Waals surface area contributed by atoms with Gasteiger partial charge in [0, 0.05) is 12.1 Å². The Balaban J connectivity index is 1.86. The number of amides is 1. The Hall–Kier alpha value is -2.62. The molecule has 118 valence electrons. The lowest BCUT2D eigenvalue weighted by molar-refractivity contribution is -0.134. The van der Waals surface area contributed by atoms with E-state index >= 15 is 0 Å². The number of hydrogen-bond donors (Lipinski definition) is 1. The van der Waals surface area contributed by atoms with Gasteiger partial charge in [-0.25, -0.2) is 4.79 Å². The van der Waals surface area contributed by atoms with Crippen molar-refractivity contribution in [2.24, 2.45) is 0 Å². The third kappa shape index (κ3) is 2.84. The van der Waals surface area contributed by atoms with Crippen molar-refractivity contribution in [2.45, 2.75) is 32.3 Å². The number of fused-ring (bicyclic) bond motifs is 1. The first kappa shape index (κ1) is 15.3. The van der Waals surface area contributed by atoms with Gasteiger partial charge in [0.25, 0.3) is 5.91 Å². The van der Waals surface area contributed by atoms with Gasteiger partial charge in [0.05, 0.1) is 5.56 Å². The van der Waals surface area contributed by atoms with Gasteiger partial charge >= 0.3 is 5.97 Å². The van der Waals surface area contributed by atoms with Crippen molar-refractivity contribution in [3.05, 3.63) is 65.2 Å². The summed E-state index contributed by atoms with van der Waals surface area (Å²) < 4.78 is 5.46. The number of ether oxygens (including phenoxy) is 1. The fraction of sp³-hybridized carbons (Fsp3) is 0.263. The van der Waals surface area contributed by atoms with E-state index in [9.17, 15) is 9.59 Å². The van der Waals surface area contributed by atoms with Crippen LogP contribution in [0.3, 0.4) is 0 Å². The Morgan fingerprint density at radius 1 is 1.17 bits per heavy atom. The molecule has 2 aromatic carbocycles. The Kier molecular flexibility index (Phi) is 3.90. The molecule has 0 fully saturated rings. The second-order valence-electron chi connectivity index (χ2n) is 5.92. The van der Waals surface area contributed by atoms with E-state index in [2.05, 4.69) is 5.32 Å². The summed E-state index contributed by atoms with van der Waals surface area (Å²) in [6.45, 7) is 3.69. The van der Waals surface area contributed by atoms with Crippen molar-refractivity contribution < 1.29 is 14.3 Å². The van der Waals surface area contributed by atoms with Crippen LogP contribution in [0.2, 0.25) is 0 Å². The second kappa shape index (κ2) is 5.88.